The average Bonchev–Trinajstić information content (AvgIpc) is 2.94. The predicted octanol–water partition coefficient (Wildman–Crippen LogP) is 1.08. The van der Waals surface area contributed by atoms with Crippen molar-refractivity contribution in [2.75, 3.05) is 33.7 Å². The van der Waals surface area contributed by atoms with Crippen molar-refractivity contribution in [1.29, 1.82) is 0 Å². The molecular formula is C17H23N3O. The smallest absolute Gasteiger partial charge is 0.255 e. The molecule has 1 atom stereocenters. The third-order valence-electron chi connectivity index (χ3n) is 3.91. The Morgan fingerprint density at radius 3 is 2.86 bits per heavy atom. The van der Waals surface area contributed by atoms with Crippen LogP contribution in [0.5, 0.6) is 0 Å². The van der Waals surface area contributed by atoms with Crippen LogP contribution in [-0.2, 0) is 0 Å². The lowest BCUT2D eigenvalue weighted by atomic mass is 10.0. The van der Waals surface area contributed by atoms with E-state index >= 15 is 0 Å². The van der Waals surface area contributed by atoms with Crippen LogP contribution >= 0.6 is 0 Å². The van der Waals surface area contributed by atoms with E-state index in [0.29, 0.717) is 18.2 Å². The molecular weight excluding hydrogens is 262 g/mol. The first-order chi connectivity index (χ1) is 10.0. The highest BCUT2D eigenvalue weighted by molar-refractivity contribution is 5.97. The molecule has 0 aromatic heterocycles. The monoisotopic (exact) mass is 285 g/mol. The molecule has 4 heteroatoms. The molecule has 1 aromatic rings. The van der Waals surface area contributed by atoms with E-state index in [2.05, 4.69) is 30.8 Å². The van der Waals surface area contributed by atoms with E-state index in [1.54, 1.807) is 0 Å². The molecule has 0 bridgehead atoms. The van der Waals surface area contributed by atoms with Gasteiger partial charge in [-0.05, 0) is 45.1 Å². The van der Waals surface area contributed by atoms with Gasteiger partial charge in [0.2, 0.25) is 0 Å². The van der Waals surface area contributed by atoms with Crippen LogP contribution in [0.3, 0.4) is 0 Å². The van der Waals surface area contributed by atoms with Crippen molar-refractivity contribution in [2.24, 2.45) is 5.73 Å². The lowest BCUT2D eigenvalue weighted by molar-refractivity contribution is 0.0783. The standard InChI is InChI=1S/C17H23N3O/c1-13-6-7-16(14(11-13)5-4-9-18)17(21)20-10-8-15(12-20)19(2)3/h6-7,11,15H,8-10,12,18H2,1-3H3. The van der Waals surface area contributed by atoms with Gasteiger partial charge in [-0.3, -0.25) is 4.79 Å². The van der Waals surface area contributed by atoms with E-state index < -0.39 is 0 Å². The third kappa shape index (κ3) is 3.63. The normalized spacial score (nSPS) is 17.8. The Bertz CT molecular complexity index is 583. The Morgan fingerprint density at radius 1 is 1.48 bits per heavy atom. The number of aryl methyl sites for hydroxylation is 1. The van der Waals surface area contributed by atoms with Gasteiger partial charge in [0.05, 0.1) is 12.1 Å². The van der Waals surface area contributed by atoms with Crippen molar-refractivity contribution >= 4 is 5.91 Å². The molecule has 0 saturated carbocycles. The summed E-state index contributed by atoms with van der Waals surface area (Å²) in [6, 6.07) is 6.23. The van der Waals surface area contributed by atoms with Crippen molar-refractivity contribution in [3.05, 3.63) is 34.9 Å². The van der Waals surface area contributed by atoms with Gasteiger partial charge < -0.3 is 15.5 Å². The fourth-order valence-electron chi connectivity index (χ4n) is 2.61. The lowest BCUT2D eigenvalue weighted by Gasteiger charge is -2.21. The topological polar surface area (TPSA) is 49.6 Å². The van der Waals surface area contributed by atoms with Crippen molar-refractivity contribution in [2.45, 2.75) is 19.4 Å². The van der Waals surface area contributed by atoms with Crippen LogP contribution in [0.2, 0.25) is 0 Å². The van der Waals surface area contributed by atoms with E-state index in [9.17, 15) is 4.79 Å². The Kier molecular flexibility index (Phi) is 5.00. The third-order valence-corrected chi connectivity index (χ3v) is 3.91. The highest BCUT2D eigenvalue weighted by Crippen LogP contribution is 2.19. The number of carbonyl (C=O) groups excluding carboxylic acids is 1. The Labute approximate surface area is 126 Å². The van der Waals surface area contributed by atoms with E-state index in [-0.39, 0.29) is 5.91 Å². The molecule has 1 heterocycles. The first-order valence-corrected chi connectivity index (χ1v) is 7.28. The number of nitrogens with zero attached hydrogens (tertiary/aromatic N) is 2. The molecule has 1 saturated heterocycles. The molecule has 0 radical (unpaired) electrons. The number of hydrogen-bond acceptors (Lipinski definition) is 3. The molecule has 1 aliphatic heterocycles. The molecule has 0 aliphatic carbocycles. The largest absolute Gasteiger partial charge is 0.337 e. The number of nitrogens with two attached hydrogens (primary N) is 1. The van der Waals surface area contributed by atoms with Gasteiger partial charge in [0, 0.05) is 24.7 Å². The summed E-state index contributed by atoms with van der Waals surface area (Å²) in [6.07, 6.45) is 1.02. The highest BCUT2D eigenvalue weighted by Gasteiger charge is 2.28. The zero-order valence-corrected chi connectivity index (χ0v) is 13.0. The van der Waals surface area contributed by atoms with E-state index in [1.807, 2.05) is 30.0 Å². The fraction of sp³-hybridized carbons (Fsp3) is 0.471. The van der Waals surface area contributed by atoms with Gasteiger partial charge in [0.1, 0.15) is 0 Å². The minimum absolute atomic E-state index is 0.0701. The molecule has 2 rings (SSSR count). The maximum Gasteiger partial charge on any atom is 0.255 e. The molecule has 2 N–H and O–H groups in total. The van der Waals surface area contributed by atoms with Gasteiger partial charge in [0.25, 0.3) is 5.91 Å². The summed E-state index contributed by atoms with van der Waals surface area (Å²) in [6.45, 7) is 3.89. The minimum atomic E-state index is 0.0701. The highest BCUT2D eigenvalue weighted by atomic mass is 16.2. The van der Waals surface area contributed by atoms with Crippen molar-refractivity contribution in [3.63, 3.8) is 0 Å². The molecule has 1 fully saturated rings. The zero-order chi connectivity index (χ0) is 15.4. The molecule has 1 amide bonds. The number of hydrogen-bond donors (Lipinski definition) is 1. The predicted molar refractivity (Wildman–Crippen MR) is 85.1 cm³/mol. The van der Waals surface area contributed by atoms with Crippen molar-refractivity contribution < 1.29 is 4.79 Å². The lowest BCUT2D eigenvalue weighted by Crippen LogP contribution is -2.34. The summed E-state index contributed by atoms with van der Waals surface area (Å²) < 4.78 is 0. The summed E-state index contributed by atoms with van der Waals surface area (Å²) >= 11 is 0. The number of likely N-dealkylation sites (N-methyl/N-ethyl adjacent to an activating group) is 1. The zero-order valence-electron chi connectivity index (χ0n) is 13.0. The Morgan fingerprint density at radius 2 is 2.24 bits per heavy atom. The second-order valence-corrected chi connectivity index (χ2v) is 5.71. The number of likely N-dealkylation sites (tertiary alicyclic amines) is 1. The van der Waals surface area contributed by atoms with Crippen LogP contribution in [0.15, 0.2) is 18.2 Å². The quantitative estimate of drug-likeness (QED) is 0.827. The SMILES string of the molecule is Cc1ccc(C(=O)N2CCC(N(C)C)C2)c(C#CCN)c1. The van der Waals surface area contributed by atoms with Crippen LogP contribution in [0, 0.1) is 18.8 Å². The molecule has 21 heavy (non-hydrogen) atoms. The summed E-state index contributed by atoms with van der Waals surface area (Å²) in [5, 5.41) is 0. The number of amides is 1. The van der Waals surface area contributed by atoms with Crippen LogP contribution < -0.4 is 5.73 Å². The van der Waals surface area contributed by atoms with Gasteiger partial charge in [-0.2, -0.15) is 0 Å². The number of rotatable bonds is 2. The maximum absolute atomic E-state index is 12.7. The summed E-state index contributed by atoms with van der Waals surface area (Å²) in [4.78, 5) is 16.8. The summed E-state index contributed by atoms with van der Waals surface area (Å²) in [7, 11) is 4.12. The second kappa shape index (κ2) is 6.75. The van der Waals surface area contributed by atoms with Crippen LogP contribution in [0.1, 0.15) is 27.9 Å². The van der Waals surface area contributed by atoms with Gasteiger partial charge in [-0.25, -0.2) is 0 Å². The van der Waals surface area contributed by atoms with E-state index in [0.717, 1.165) is 30.6 Å². The van der Waals surface area contributed by atoms with Gasteiger partial charge in [-0.1, -0.05) is 17.9 Å². The van der Waals surface area contributed by atoms with E-state index in [4.69, 9.17) is 5.73 Å². The number of benzene rings is 1. The summed E-state index contributed by atoms with van der Waals surface area (Å²) in [5.41, 5.74) is 8.00. The first kappa shape index (κ1) is 15.6. The summed E-state index contributed by atoms with van der Waals surface area (Å²) in [5.74, 6) is 5.93. The van der Waals surface area contributed by atoms with Gasteiger partial charge in [-0.15, -0.1) is 0 Å². The maximum atomic E-state index is 12.7. The first-order valence-electron chi connectivity index (χ1n) is 7.28. The minimum Gasteiger partial charge on any atom is -0.337 e. The second-order valence-electron chi connectivity index (χ2n) is 5.71. The molecule has 1 aliphatic rings. The van der Waals surface area contributed by atoms with Crippen LogP contribution in [-0.4, -0.2) is 55.5 Å². The molecule has 0 spiro atoms. The molecule has 4 nitrogen and oxygen atoms in total. The van der Waals surface area contributed by atoms with Gasteiger partial charge >= 0.3 is 0 Å². The average molecular weight is 285 g/mol. The van der Waals surface area contributed by atoms with Crippen LogP contribution in [0.25, 0.3) is 0 Å². The number of carbonyl (C=O) groups is 1. The Balaban J connectivity index is 2.23. The van der Waals surface area contributed by atoms with E-state index in [1.165, 1.54) is 0 Å². The van der Waals surface area contributed by atoms with Crippen molar-refractivity contribution in [3.8, 4) is 11.8 Å². The van der Waals surface area contributed by atoms with Crippen LogP contribution in [0.4, 0.5) is 0 Å². The van der Waals surface area contributed by atoms with Gasteiger partial charge in [0.15, 0.2) is 0 Å². The Hall–Kier alpha value is -1.83. The van der Waals surface area contributed by atoms with Crippen molar-refractivity contribution in [1.82, 2.24) is 9.80 Å². The molecule has 1 aromatic carbocycles. The molecule has 112 valence electrons. The fourth-order valence-corrected chi connectivity index (χ4v) is 2.61. The molecule has 1 unspecified atom stereocenters.